The standard InChI is InChI=1S/C17H23N5O2/c1-3-5-8-11-18-15-12-19-22-17(21-15)20-14-10-7-6-9-13(14)16(23)24-4-2/h6-7,9-10,12H,3-5,8,11H2,1-2H3,(H2,18,20,21,22). The highest BCUT2D eigenvalue weighted by Crippen LogP contribution is 2.19. The number of esters is 1. The molecule has 0 unspecified atom stereocenters. The topological polar surface area (TPSA) is 89.0 Å². The Hall–Kier alpha value is -2.70. The molecule has 0 fully saturated rings. The molecule has 2 N–H and O–H groups in total. The van der Waals surface area contributed by atoms with E-state index in [-0.39, 0.29) is 5.97 Å². The molecule has 1 heterocycles. The predicted molar refractivity (Wildman–Crippen MR) is 93.5 cm³/mol. The Morgan fingerprint density at radius 2 is 2.04 bits per heavy atom. The number of carbonyl (C=O) groups is 1. The van der Waals surface area contributed by atoms with Crippen molar-refractivity contribution >= 4 is 23.4 Å². The van der Waals surface area contributed by atoms with Crippen LogP contribution in [0.3, 0.4) is 0 Å². The van der Waals surface area contributed by atoms with Crippen LogP contribution in [0.15, 0.2) is 30.5 Å². The third-order valence-electron chi connectivity index (χ3n) is 3.31. The van der Waals surface area contributed by atoms with Crippen molar-refractivity contribution in [2.45, 2.75) is 33.1 Å². The fourth-order valence-corrected chi connectivity index (χ4v) is 2.13. The van der Waals surface area contributed by atoms with Crippen LogP contribution in [0.5, 0.6) is 0 Å². The molecular formula is C17H23N5O2. The summed E-state index contributed by atoms with van der Waals surface area (Å²) in [7, 11) is 0. The van der Waals surface area contributed by atoms with Crippen LogP contribution >= 0.6 is 0 Å². The molecule has 1 aromatic heterocycles. The first-order valence-electron chi connectivity index (χ1n) is 8.21. The molecule has 2 aromatic rings. The molecule has 24 heavy (non-hydrogen) atoms. The van der Waals surface area contributed by atoms with E-state index in [0.29, 0.717) is 29.6 Å². The normalized spacial score (nSPS) is 10.2. The lowest BCUT2D eigenvalue weighted by atomic mass is 10.2. The lowest BCUT2D eigenvalue weighted by Crippen LogP contribution is -2.10. The molecule has 0 atom stereocenters. The summed E-state index contributed by atoms with van der Waals surface area (Å²) in [6.07, 6.45) is 4.99. The number of carbonyl (C=O) groups excluding carboxylic acids is 1. The Morgan fingerprint density at radius 1 is 1.21 bits per heavy atom. The minimum Gasteiger partial charge on any atom is -0.462 e. The van der Waals surface area contributed by atoms with Gasteiger partial charge in [0, 0.05) is 6.54 Å². The lowest BCUT2D eigenvalue weighted by Gasteiger charge is -2.10. The highest BCUT2D eigenvalue weighted by Gasteiger charge is 2.13. The molecule has 7 heteroatoms. The molecule has 0 aliphatic carbocycles. The van der Waals surface area contributed by atoms with Crippen molar-refractivity contribution in [1.82, 2.24) is 15.2 Å². The van der Waals surface area contributed by atoms with Gasteiger partial charge in [0.05, 0.1) is 24.1 Å². The van der Waals surface area contributed by atoms with E-state index in [1.54, 1.807) is 31.3 Å². The highest BCUT2D eigenvalue weighted by molar-refractivity contribution is 5.96. The molecule has 0 saturated heterocycles. The molecular weight excluding hydrogens is 306 g/mol. The lowest BCUT2D eigenvalue weighted by molar-refractivity contribution is 0.0527. The smallest absolute Gasteiger partial charge is 0.340 e. The average Bonchev–Trinajstić information content (AvgIpc) is 2.60. The number of nitrogens with zero attached hydrogens (tertiary/aromatic N) is 3. The van der Waals surface area contributed by atoms with Crippen molar-refractivity contribution in [2.75, 3.05) is 23.8 Å². The largest absolute Gasteiger partial charge is 0.462 e. The van der Waals surface area contributed by atoms with Gasteiger partial charge in [0.15, 0.2) is 5.82 Å². The monoisotopic (exact) mass is 329 g/mol. The van der Waals surface area contributed by atoms with Gasteiger partial charge in [-0.15, -0.1) is 5.10 Å². The van der Waals surface area contributed by atoms with Gasteiger partial charge in [0.2, 0.25) is 5.95 Å². The van der Waals surface area contributed by atoms with Crippen molar-refractivity contribution in [3.63, 3.8) is 0 Å². The summed E-state index contributed by atoms with van der Waals surface area (Å²) >= 11 is 0. The molecule has 0 bridgehead atoms. The second kappa shape index (κ2) is 9.44. The average molecular weight is 329 g/mol. The highest BCUT2D eigenvalue weighted by atomic mass is 16.5. The quantitative estimate of drug-likeness (QED) is 0.538. The van der Waals surface area contributed by atoms with Crippen molar-refractivity contribution < 1.29 is 9.53 Å². The number of para-hydroxylation sites is 1. The summed E-state index contributed by atoms with van der Waals surface area (Å²) in [4.78, 5) is 16.4. The maximum absolute atomic E-state index is 12.0. The molecule has 0 aliphatic heterocycles. The maximum Gasteiger partial charge on any atom is 0.340 e. The molecule has 0 aliphatic rings. The number of aromatic nitrogens is 3. The SMILES string of the molecule is CCCCCNc1cnnc(Nc2ccccc2C(=O)OCC)n1. The number of hydrogen-bond acceptors (Lipinski definition) is 7. The third kappa shape index (κ3) is 5.19. The van der Waals surface area contributed by atoms with Gasteiger partial charge in [0.1, 0.15) is 0 Å². The number of nitrogens with one attached hydrogen (secondary N) is 2. The van der Waals surface area contributed by atoms with Crippen LogP contribution in [-0.2, 0) is 4.74 Å². The zero-order valence-corrected chi connectivity index (χ0v) is 14.1. The first-order valence-corrected chi connectivity index (χ1v) is 8.21. The van der Waals surface area contributed by atoms with Crippen molar-refractivity contribution in [2.24, 2.45) is 0 Å². The van der Waals surface area contributed by atoms with E-state index >= 15 is 0 Å². The summed E-state index contributed by atoms with van der Waals surface area (Å²) in [5.74, 6) is 0.590. The number of rotatable bonds is 9. The molecule has 1 aromatic carbocycles. The van der Waals surface area contributed by atoms with E-state index in [0.717, 1.165) is 13.0 Å². The Morgan fingerprint density at radius 3 is 2.83 bits per heavy atom. The summed E-state index contributed by atoms with van der Waals surface area (Å²) in [5.41, 5.74) is 1.02. The number of hydrogen-bond donors (Lipinski definition) is 2. The van der Waals surface area contributed by atoms with Crippen LogP contribution < -0.4 is 10.6 Å². The number of benzene rings is 1. The van der Waals surface area contributed by atoms with Crippen LogP contribution in [0.1, 0.15) is 43.5 Å². The van der Waals surface area contributed by atoms with Gasteiger partial charge in [-0.3, -0.25) is 0 Å². The van der Waals surface area contributed by atoms with E-state index in [9.17, 15) is 4.79 Å². The molecule has 128 valence electrons. The first-order chi connectivity index (χ1) is 11.7. The van der Waals surface area contributed by atoms with Crippen molar-refractivity contribution in [3.05, 3.63) is 36.0 Å². The van der Waals surface area contributed by atoms with Crippen LogP contribution in [-0.4, -0.2) is 34.3 Å². The molecule has 0 radical (unpaired) electrons. The van der Waals surface area contributed by atoms with Crippen LogP contribution in [0.2, 0.25) is 0 Å². The third-order valence-corrected chi connectivity index (χ3v) is 3.31. The van der Waals surface area contributed by atoms with Gasteiger partial charge >= 0.3 is 5.97 Å². The van der Waals surface area contributed by atoms with Gasteiger partial charge < -0.3 is 15.4 Å². The van der Waals surface area contributed by atoms with Gasteiger partial charge in [-0.05, 0) is 25.5 Å². The Labute approximate surface area is 141 Å². The van der Waals surface area contributed by atoms with E-state index in [2.05, 4.69) is 32.7 Å². The number of ether oxygens (including phenoxy) is 1. The van der Waals surface area contributed by atoms with Crippen LogP contribution in [0.25, 0.3) is 0 Å². The second-order valence-corrected chi connectivity index (χ2v) is 5.19. The van der Waals surface area contributed by atoms with Crippen molar-refractivity contribution in [3.8, 4) is 0 Å². The molecule has 0 spiro atoms. The Bertz CT molecular complexity index is 663. The molecule has 0 amide bonds. The van der Waals surface area contributed by atoms with E-state index in [1.165, 1.54) is 12.8 Å². The predicted octanol–water partition coefficient (Wildman–Crippen LogP) is 3.39. The van der Waals surface area contributed by atoms with Gasteiger partial charge in [0.25, 0.3) is 0 Å². The summed E-state index contributed by atoms with van der Waals surface area (Å²) in [5, 5.41) is 14.1. The molecule has 7 nitrogen and oxygen atoms in total. The fraction of sp³-hybridized carbons (Fsp3) is 0.412. The van der Waals surface area contributed by atoms with Gasteiger partial charge in [-0.25, -0.2) is 4.79 Å². The zero-order valence-electron chi connectivity index (χ0n) is 14.1. The first kappa shape index (κ1) is 17.7. The Kier molecular flexibility index (Phi) is 6.94. The number of unbranched alkanes of at least 4 members (excludes halogenated alkanes) is 2. The minimum absolute atomic E-state index is 0.322. The van der Waals surface area contributed by atoms with Gasteiger partial charge in [-0.1, -0.05) is 31.9 Å². The Balaban J connectivity index is 2.07. The number of anilines is 3. The van der Waals surface area contributed by atoms with Crippen LogP contribution in [0, 0.1) is 0 Å². The molecule has 2 rings (SSSR count). The summed E-state index contributed by atoms with van der Waals surface area (Å²) < 4.78 is 5.06. The van der Waals surface area contributed by atoms with E-state index < -0.39 is 0 Å². The summed E-state index contributed by atoms with van der Waals surface area (Å²) in [6.45, 7) is 5.09. The fourth-order valence-electron chi connectivity index (χ4n) is 2.13. The zero-order chi connectivity index (χ0) is 17.2. The van der Waals surface area contributed by atoms with Crippen molar-refractivity contribution in [1.29, 1.82) is 0 Å². The second-order valence-electron chi connectivity index (χ2n) is 5.19. The van der Waals surface area contributed by atoms with Gasteiger partial charge in [-0.2, -0.15) is 10.1 Å². The maximum atomic E-state index is 12.0. The summed E-state index contributed by atoms with van der Waals surface area (Å²) in [6, 6.07) is 7.07. The van der Waals surface area contributed by atoms with E-state index in [4.69, 9.17) is 4.74 Å². The van der Waals surface area contributed by atoms with Crippen LogP contribution in [0.4, 0.5) is 17.5 Å². The van der Waals surface area contributed by atoms with E-state index in [1.807, 2.05) is 6.07 Å². The minimum atomic E-state index is -0.387. The molecule has 0 saturated carbocycles.